The van der Waals surface area contributed by atoms with E-state index in [4.69, 9.17) is 27.9 Å². The lowest BCUT2D eigenvalue weighted by Gasteiger charge is -2.21. The van der Waals surface area contributed by atoms with Crippen LogP contribution in [0.5, 0.6) is 0 Å². The molecule has 3 aromatic rings. The number of para-hydroxylation sites is 1. The van der Waals surface area contributed by atoms with Crippen molar-refractivity contribution in [1.82, 2.24) is 10.3 Å². The largest absolute Gasteiger partial charge is 0.369 e. The molecule has 0 bridgehead atoms. The summed E-state index contributed by atoms with van der Waals surface area (Å²) >= 11 is 12.6. The molecule has 2 aromatic carbocycles. The third kappa shape index (κ3) is 4.46. The zero-order valence-electron chi connectivity index (χ0n) is 15.3. The zero-order chi connectivity index (χ0) is 19.4. The number of carbonyl (C=O) groups excluding carboxylic acids is 1. The Kier molecular flexibility index (Phi) is 6.42. The van der Waals surface area contributed by atoms with E-state index in [0.717, 1.165) is 22.0 Å². The molecular formula is C21H22Cl2N2O2. The average molecular weight is 405 g/mol. The van der Waals surface area contributed by atoms with Crippen LogP contribution in [-0.4, -0.2) is 30.1 Å². The lowest BCUT2D eigenvalue weighted by molar-refractivity contribution is -0.131. The SMILES string of the molecule is CCOC(C)C(=O)NCC(c1ccc(Cl)cc1Cl)c1c[nH]c2ccccc12. The molecule has 6 heteroatoms. The van der Waals surface area contributed by atoms with E-state index < -0.39 is 6.10 Å². The van der Waals surface area contributed by atoms with Gasteiger partial charge in [0.25, 0.3) is 0 Å². The van der Waals surface area contributed by atoms with Crippen molar-refractivity contribution in [3.63, 3.8) is 0 Å². The maximum Gasteiger partial charge on any atom is 0.248 e. The number of carbonyl (C=O) groups is 1. The second-order valence-corrected chi connectivity index (χ2v) is 7.19. The minimum atomic E-state index is -0.501. The van der Waals surface area contributed by atoms with Crippen LogP contribution in [0.25, 0.3) is 10.9 Å². The van der Waals surface area contributed by atoms with E-state index in [2.05, 4.69) is 16.4 Å². The number of hydrogen-bond donors (Lipinski definition) is 2. The molecule has 27 heavy (non-hydrogen) atoms. The van der Waals surface area contributed by atoms with Crippen molar-refractivity contribution in [1.29, 1.82) is 0 Å². The maximum absolute atomic E-state index is 12.3. The number of nitrogens with one attached hydrogen (secondary N) is 2. The fraction of sp³-hybridized carbons (Fsp3) is 0.286. The Labute approximate surface area is 168 Å². The number of benzene rings is 2. The van der Waals surface area contributed by atoms with Crippen molar-refractivity contribution in [2.75, 3.05) is 13.2 Å². The molecule has 2 atom stereocenters. The van der Waals surface area contributed by atoms with Crippen LogP contribution < -0.4 is 5.32 Å². The third-order valence-electron chi connectivity index (χ3n) is 4.60. The van der Waals surface area contributed by atoms with Gasteiger partial charge in [0.15, 0.2) is 0 Å². The van der Waals surface area contributed by atoms with Crippen molar-refractivity contribution in [2.45, 2.75) is 25.9 Å². The summed E-state index contributed by atoms with van der Waals surface area (Å²) in [5.41, 5.74) is 3.02. The van der Waals surface area contributed by atoms with Gasteiger partial charge in [0.05, 0.1) is 0 Å². The maximum atomic E-state index is 12.3. The number of hydrogen-bond acceptors (Lipinski definition) is 2. The highest BCUT2D eigenvalue weighted by Crippen LogP contribution is 2.35. The number of aromatic amines is 1. The number of H-pyrrole nitrogens is 1. The van der Waals surface area contributed by atoms with E-state index in [1.165, 1.54) is 0 Å². The van der Waals surface area contributed by atoms with Crippen molar-refractivity contribution >= 4 is 40.0 Å². The van der Waals surface area contributed by atoms with Gasteiger partial charge in [0, 0.05) is 46.2 Å². The van der Waals surface area contributed by atoms with Crippen LogP contribution in [0.1, 0.15) is 30.9 Å². The molecule has 1 aromatic heterocycles. The summed E-state index contributed by atoms with van der Waals surface area (Å²) in [6.45, 7) is 4.50. The Morgan fingerprint density at radius 2 is 1.96 bits per heavy atom. The number of halogens is 2. The van der Waals surface area contributed by atoms with Gasteiger partial charge in [-0.2, -0.15) is 0 Å². The molecule has 0 aliphatic rings. The number of amides is 1. The fourth-order valence-electron chi connectivity index (χ4n) is 3.23. The highest BCUT2D eigenvalue weighted by atomic mass is 35.5. The first-order chi connectivity index (χ1) is 13.0. The van der Waals surface area contributed by atoms with Gasteiger partial charge in [0.1, 0.15) is 6.10 Å². The molecule has 2 N–H and O–H groups in total. The number of fused-ring (bicyclic) bond motifs is 1. The van der Waals surface area contributed by atoms with Gasteiger partial charge >= 0.3 is 0 Å². The summed E-state index contributed by atoms with van der Waals surface area (Å²) in [6, 6.07) is 13.5. The lowest BCUT2D eigenvalue weighted by Crippen LogP contribution is -2.37. The van der Waals surface area contributed by atoms with Crippen LogP contribution >= 0.6 is 23.2 Å². The van der Waals surface area contributed by atoms with Crippen LogP contribution in [0.15, 0.2) is 48.7 Å². The molecule has 0 aliphatic heterocycles. The summed E-state index contributed by atoms with van der Waals surface area (Å²) in [5.74, 6) is -0.268. The minimum absolute atomic E-state index is 0.122. The number of ether oxygens (including phenoxy) is 1. The molecule has 1 amide bonds. The molecule has 142 valence electrons. The fourth-order valence-corrected chi connectivity index (χ4v) is 3.77. The van der Waals surface area contributed by atoms with Crippen LogP contribution in [0.4, 0.5) is 0 Å². The van der Waals surface area contributed by atoms with Gasteiger partial charge in [0.2, 0.25) is 5.91 Å². The second-order valence-electron chi connectivity index (χ2n) is 6.35. The quantitative estimate of drug-likeness (QED) is 0.571. The van der Waals surface area contributed by atoms with Gasteiger partial charge in [-0.15, -0.1) is 0 Å². The standard InChI is InChI=1S/C21H22Cl2N2O2/c1-3-27-13(2)21(26)25-12-17(15-9-8-14(22)10-19(15)23)18-11-24-20-7-5-4-6-16(18)20/h4-11,13,17,24H,3,12H2,1-2H3,(H,25,26). The summed E-state index contributed by atoms with van der Waals surface area (Å²) in [4.78, 5) is 15.6. The molecule has 0 fully saturated rings. The first kappa shape index (κ1) is 19.7. The zero-order valence-corrected chi connectivity index (χ0v) is 16.8. The van der Waals surface area contributed by atoms with E-state index in [0.29, 0.717) is 23.2 Å². The van der Waals surface area contributed by atoms with E-state index >= 15 is 0 Å². The number of aromatic nitrogens is 1. The Morgan fingerprint density at radius 1 is 1.19 bits per heavy atom. The van der Waals surface area contributed by atoms with E-state index in [9.17, 15) is 4.79 Å². The predicted octanol–water partition coefficient (Wildman–Crippen LogP) is 5.15. The lowest BCUT2D eigenvalue weighted by atomic mass is 9.90. The monoisotopic (exact) mass is 404 g/mol. The predicted molar refractivity (Wildman–Crippen MR) is 111 cm³/mol. The molecule has 3 rings (SSSR count). The van der Waals surface area contributed by atoms with E-state index in [1.54, 1.807) is 13.0 Å². The Bertz CT molecular complexity index is 939. The van der Waals surface area contributed by atoms with E-state index in [-0.39, 0.29) is 11.8 Å². The van der Waals surface area contributed by atoms with Crippen LogP contribution in [0.3, 0.4) is 0 Å². The van der Waals surface area contributed by atoms with Crippen molar-refractivity contribution in [3.8, 4) is 0 Å². The van der Waals surface area contributed by atoms with Crippen LogP contribution in [-0.2, 0) is 9.53 Å². The molecule has 2 unspecified atom stereocenters. The van der Waals surface area contributed by atoms with Crippen LogP contribution in [0.2, 0.25) is 10.0 Å². The minimum Gasteiger partial charge on any atom is -0.369 e. The molecular weight excluding hydrogens is 383 g/mol. The topological polar surface area (TPSA) is 54.1 Å². The first-order valence-electron chi connectivity index (χ1n) is 8.91. The van der Waals surface area contributed by atoms with E-state index in [1.807, 2.05) is 43.5 Å². The Morgan fingerprint density at radius 3 is 2.70 bits per heavy atom. The van der Waals surface area contributed by atoms with Gasteiger partial charge < -0.3 is 15.0 Å². The summed E-state index contributed by atoms with van der Waals surface area (Å²) in [7, 11) is 0. The normalized spacial score (nSPS) is 13.5. The average Bonchev–Trinajstić information content (AvgIpc) is 3.07. The molecule has 0 aliphatic carbocycles. The summed E-state index contributed by atoms with van der Waals surface area (Å²) in [5, 5.41) is 5.24. The molecule has 0 spiro atoms. The second kappa shape index (κ2) is 8.79. The van der Waals surface area contributed by atoms with Gasteiger partial charge in [-0.25, -0.2) is 0 Å². The molecule has 0 radical (unpaired) electrons. The molecule has 0 saturated heterocycles. The molecule has 1 heterocycles. The van der Waals surface area contributed by atoms with Crippen molar-refractivity contribution < 1.29 is 9.53 Å². The summed E-state index contributed by atoms with van der Waals surface area (Å²) in [6.07, 6.45) is 1.47. The Balaban J connectivity index is 1.95. The molecule has 0 saturated carbocycles. The van der Waals surface area contributed by atoms with Crippen LogP contribution in [0, 0.1) is 0 Å². The highest BCUT2D eigenvalue weighted by Gasteiger charge is 2.22. The van der Waals surface area contributed by atoms with Crippen molar-refractivity contribution in [3.05, 3.63) is 69.8 Å². The summed E-state index contributed by atoms with van der Waals surface area (Å²) < 4.78 is 5.38. The highest BCUT2D eigenvalue weighted by molar-refractivity contribution is 6.35. The first-order valence-corrected chi connectivity index (χ1v) is 9.67. The smallest absolute Gasteiger partial charge is 0.248 e. The third-order valence-corrected chi connectivity index (χ3v) is 5.16. The van der Waals surface area contributed by atoms with Gasteiger partial charge in [-0.05, 0) is 43.2 Å². The van der Waals surface area contributed by atoms with Gasteiger partial charge in [-0.3, -0.25) is 4.79 Å². The van der Waals surface area contributed by atoms with Gasteiger partial charge in [-0.1, -0.05) is 47.5 Å². The Hall–Kier alpha value is -2.01. The number of rotatable bonds is 7. The van der Waals surface area contributed by atoms with Crippen molar-refractivity contribution in [2.24, 2.45) is 0 Å². The molecule has 4 nitrogen and oxygen atoms in total.